The van der Waals surface area contributed by atoms with E-state index in [9.17, 15) is 13.2 Å². The summed E-state index contributed by atoms with van der Waals surface area (Å²) >= 11 is 0. The van der Waals surface area contributed by atoms with Gasteiger partial charge in [0.1, 0.15) is 0 Å². The molecule has 1 amide bonds. The van der Waals surface area contributed by atoms with Gasteiger partial charge in [-0.3, -0.25) is 4.79 Å². The number of rotatable bonds is 9. The van der Waals surface area contributed by atoms with Crippen LogP contribution in [-0.2, 0) is 27.8 Å². The summed E-state index contributed by atoms with van der Waals surface area (Å²) in [5.74, 6) is -0.323. The second-order valence-corrected chi connectivity index (χ2v) is 8.60. The van der Waals surface area contributed by atoms with Gasteiger partial charge < -0.3 is 5.32 Å². The predicted molar refractivity (Wildman–Crippen MR) is 114 cm³/mol. The summed E-state index contributed by atoms with van der Waals surface area (Å²) in [7, 11) is -3.80. The van der Waals surface area contributed by atoms with E-state index < -0.39 is 10.0 Å². The van der Waals surface area contributed by atoms with Crippen molar-refractivity contribution in [2.24, 2.45) is 0 Å². The summed E-state index contributed by atoms with van der Waals surface area (Å²) in [5.41, 5.74) is 1.94. The Hall–Kier alpha value is -2.96. The van der Waals surface area contributed by atoms with Crippen LogP contribution in [0.4, 0.5) is 0 Å². The SMILES string of the molecule is O=C(CN(Cc1ccccc1)S(=O)(=O)c1ccccc1)NCCc1ccccc1. The maximum Gasteiger partial charge on any atom is 0.243 e. The normalized spacial score (nSPS) is 11.3. The van der Waals surface area contributed by atoms with Crippen molar-refractivity contribution >= 4 is 15.9 Å². The molecule has 1 N–H and O–H groups in total. The first kappa shape index (κ1) is 20.8. The van der Waals surface area contributed by atoms with E-state index in [-0.39, 0.29) is 23.9 Å². The van der Waals surface area contributed by atoms with E-state index in [2.05, 4.69) is 5.32 Å². The molecule has 0 saturated heterocycles. The maximum atomic E-state index is 13.1. The standard InChI is InChI=1S/C23H24N2O3S/c26-23(24-17-16-20-10-4-1-5-11-20)19-25(18-21-12-6-2-7-13-21)29(27,28)22-14-8-3-9-15-22/h1-15H,16-19H2,(H,24,26). The maximum absolute atomic E-state index is 13.1. The van der Waals surface area contributed by atoms with Crippen LogP contribution in [0.3, 0.4) is 0 Å². The molecular weight excluding hydrogens is 384 g/mol. The number of hydrogen-bond donors (Lipinski definition) is 1. The smallest absolute Gasteiger partial charge is 0.243 e. The molecule has 3 aromatic carbocycles. The molecular formula is C23H24N2O3S. The van der Waals surface area contributed by atoms with Gasteiger partial charge >= 0.3 is 0 Å². The van der Waals surface area contributed by atoms with E-state index in [1.54, 1.807) is 30.3 Å². The Bertz CT molecular complexity index is 1010. The minimum atomic E-state index is -3.80. The molecule has 0 fully saturated rings. The molecule has 0 aliphatic carbocycles. The van der Waals surface area contributed by atoms with Crippen LogP contribution in [0.25, 0.3) is 0 Å². The third kappa shape index (κ3) is 6.01. The molecule has 0 aliphatic heterocycles. The highest BCUT2D eigenvalue weighted by atomic mass is 32.2. The lowest BCUT2D eigenvalue weighted by atomic mass is 10.1. The number of amides is 1. The first-order valence-corrected chi connectivity index (χ1v) is 10.9. The zero-order valence-corrected chi connectivity index (χ0v) is 16.9. The van der Waals surface area contributed by atoms with E-state index in [0.717, 1.165) is 11.1 Å². The number of carbonyl (C=O) groups is 1. The predicted octanol–water partition coefficient (Wildman–Crippen LogP) is 3.24. The van der Waals surface area contributed by atoms with Gasteiger partial charge in [-0.15, -0.1) is 0 Å². The van der Waals surface area contributed by atoms with Gasteiger partial charge in [-0.25, -0.2) is 8.42 Å². The Morgan fingerprint density at radius 3 is 1.86 bits per heavy atom. The number of sulfonamides is 1. The van der Waals surface area contributed by atoms with Gasteiger partial charge in [0.15, 0.2) is 0 Å². The van der Waals surface area contributed by atoms with Gasteiger partial charge in [-0.05, 0) is 29.7 Å². The summed E-state index contributed by atoms with van der Waals surface area (Å²) in [6.45, 7) is 0.346. The third-order valence-electron chi connectivity index (χ3n) is 4.48. The van der Waals surface area contributed by atoms with E-state index in [1.165, 1.54) is 4.31 Å². The van der Waals surface area contributed by atoms with Crippen LogP contribution in [0.1, 0.15) is 11.1 Å². The average molecular weight is 409 g/mol. The number of hydrogen-bond acceptors (Lipinski definition) is 3. The Kier molecular flexibility index (Phi) is 7.16. The van der Waals surface area contributed by atoms with Crippen molar-refractivity contribution in [2.45, 2.75) is 17.9 Å². The fourth-order valence-corrected chi connectivity index (χ4v) is 4.37. The molecule has 0 saturated carbocycles. The molecule has 0 radical (unpaired) electrons. The fraction of sp³-hybridized carbons (Fsp3) is 0.174. The minimum Gasteiger partial charge on any atom is -0.355 e. The molecule has 0 atom stereocenters. The second kappa shape index (κ2) is 10.0. The number of carbonyl (C=O) groups excluding carboxylic acids is 1. The molecule has 3 aromatic rings. The van der Waals surface area contributed by atoms with Crippen LogP contribution in [-0.4, -0.2) is 31.7 Å². The van der Waals surface area contributed by atoms with Crippen LogP contribution >= 0.6 is 0 Å². The van der Waals surface area contributed by atoms with Gasteiger partial charge in [-0.1, -0.05) is 78.9 Å². The van der Waals surface area contributed by atoms with Crippen LogP contribution < -0.4 is 5.32 Å². The zero-order chi connectivity index (χ0) is 20.5. The summed E-state index contributed by atoms with van der Waals surface area (Å²) in [4.78, 5) is 12.7. The van der Waals surface area contributed by atoms with E-state index in [1.807, 2.05) is 60.7 Å². The van der Waals surface area contributed by atoms with Gasteiger partial charge in [-0.2, -0.15) is 4.31 Å². The molecule has 0 heterocycles. The third-order valence-corrected chi connectivity index (χ3v) is 6.29. The molecule has 0 bridgehead atoms. The highest BCUT2D eigenvalue weighted by Crippen LogP contribution is 2.18. The summed E-state index contributed by atoms with van der Waals surface area (Å²) in [6.07, 6.45) is 0.691. The van der Waals surface area contributed by atoms with Gasteiger partial charge in [0.25, 0.3) is 0 Å². The number of nitrogens with one attached hydrogen (secondary N) is 1. The number of benzene rings is 3. The van der Waals surface area contributed by atoms with Crippen molar-refractivity contribution in [1.29, 1.82) is 0 Å². The highest BCUT2D eigenvalue weighted by Gasteiger charge is 2.26. The molecule has 3 rings (SSSR count). The van der Waals surface area contributed by atoms with Crippen molar-refractivity contribution in [3.63, 3.8) is 0 Å². The molecule has 150 valence electrons. The highest BCUT2D eigenvalue weighted by molar-refractivity contribution is 7.89. The summed E-state index contributed by atoms with van der Waals surface area (Å²) in [5, 5.41) is 2.83. The van der Waals surface area contributed by atoms with Gasteiger partial charge in [0, 0.05) is 13.1 Å². The zero-order valence-electron chi connectivity index (χ0n) is 16.1. The van der Waals surface area contributed by atoms with Crippen LogP contribution in [0.5, 0.6) is 0 Å². The van der Waals surface area contributed by atoms with Gasteiger partial charge in [0.2, 0.25) is 15.9 Å². The Morgan fingerprint density at radius 2 is 1.28 bits per heavy atom. The van der Waals surface area contributed by atoms with E-state index in [4.69, 9.17) is 0 Å². The molecule has 5 nitrogen and oxygen atoms in total. The molecule has 6 heteroatoms. The van der Waals surface area contributed by atoms with E-state index >= 15 is 0 Å². The molecule has 29 heavy (non-hydrogen) atoms. The lowest BCUT2D eigenvalue weighted by Crippen LogP contribution is -2.40. The van der Waals surface area contributed by atoms with Crippen molar-refractivity contribution in [3.8, 4) is 0 Å². The number of nitrogens with zero attached hydrogens (tertiary/aromatic N) is 1. The molecule has 0 unspecified atom stereocenters. The lowest BCUT2D eigenvalue weighted by molar-refractivity contribution is -0.121. The lowest BCUT2D eigenvalue weighted by Gasteiger charge is -2.22. The van der Waals surface area contributed by atoms with Crippen LogP contribution in [0.15, 0.2) is 95.9 Å². The fourth-order valence-electron chi connectivity index (χ4n) is 2.96. The minimum absolute atomic E-state index is 0.129. The molecule has 0 spiro atoms. The molecule has 0 aliphatic rings. The molecule has 0 aromatic heterocycles. The first-order valence-electron chi connectivity index (χ1n) is 9.45. The average Bonchev–Trinajstić information content (AvgIpc) is 2.75. The van der Waals surface area contributed by atoms with Crippen molar-refractivity contribution in [1.82, 2.24) is 9.62 Å². The van der Waals surface area contributed by atoms with Crippen molar-refractivity contribution < 1.29 is 13.2 Å². The Morgan fingerprint density at radius 1 is 0.759 bits per heavy atom. The van der Waals surface area contributed by atoms with Gasteiger partial charge in [0.05, 0.1) is 11.4 Å². The Labute approximate surface area is 172 Å². The monoisotopic (exact) mass is 408 g/mol. The first-order chi connectivity index (χ1) is 14.1. The van der Waals surface area contributed by atoms with E-state index in [0.29, 0.717) is 13.0 Å². The largest absolute Gasteiger partial charge is 0.355 e. The Balaban J connectivity index is 1.70. The summed E-state index contributed by atoms with van der Waals surface area (Å²) < 4.78 is 27.4. The topological polar surface area (TPSA) is 66.5 Å². The van der Waals surface area contributed by atoms with Crippen molar-refractivity contribution in [2.75, 3.05) is 13.1 Å². The van der Waals surface area contributed by atoms with Crippen LogP contribution in [0, 0.1) is 0 Å². The quantitative estimate of drug-likeness (QED) is 0.591. The second-order valence-electron chi connectivity index (χ2n) is 6.66. The van der Waals surface area contributed by atoms with Crippen LogP contribution in [0.2, 0.25) is 0 Å². The summed E-state index contributed by atoms with van der Waals surface area (Å²) in [6, 6.07) is 27.3. The van der Waals surface area contributed by atoms with Crippen molar-refractivity contribution in [3.05, 3.63) is 102 Å².